The summed E-state index contributed by atoms with van der Waals surface area (Å²) in [5.41, 5.74) is 9.42. The van der Waals surface area contributed by atoms with Crippen molar-refractivity contribution in [2.45, 2.75) is 142 Å². The molecule has 25 nitrogen and oxygen atoms in total. The van der Waals surface area contributed by atoms with Crippen molar-refractivity contribution in [1.29, 1.82) is 0 Å². The maximum absolute atomic E-state index is 14.5. The number of aryl methyl sites for hydroxylation is 2. The number of carbonyl (C=O) groups excluding carboxylic acids is 9. The van der Waals surface area contributed by atoms with E-state index in [0.717, 1.165) is 75.4 Å². The van der Waals surface area contributed by atoms with Crippen LogP contribution in [0.1, 0.15) is 140 Å². The first kappa shape index (κ1) is 74.1. The van der Waals surface area contributed by atoms with Gasteiger partial charge in [0, 0.05) is 99.5 Å². The number of nitrogens with one attached hydrogen (secondary N) is 2. The summed E-state index contributed by atoms with van der Waals surface area (Å²) in [6.45, 7) is 5.52. The second-order valence-electron chi connectivity index (χ2n) is 28.9. The van der Waals surface area contributed by atoms with Crippen molar-refractivity contribution in [2.75, 3.05) is 57.4 Å². The standard InChI is InChI=1S/C82H89N9O16/c1-48(2)62(38-58(93)43-83-73(95)29-25-57(92)26-30-74(96)89-44-54-13-8-9-14-60(54)75-76(87(4)86-85-75)61-15-10-11-16-65(61)89)77(97)84-49(3)68(94)35-50-17-19-51(20-18-50)46-107-81(101)91-66-41-72(70(104-7)40-64(66)79(99)90-47-82(31-32-82)42-67(90)80(91)100)106-34-12-33-105-71-37-53-21-24-56-36-55(52-22-27-59(102-5)28-23-52)45-88(56)78(98)63(53)39-69(71)103-6/h8-11,13-20,22-23,27-28,37,39-41,45,48-49,56,62,67,80,100H,12,21,24-26,29-36,38,42-44,46-47H2,1-7H3,(H,83,95)(H,84,97)/t49-,56+,62-,67-,80+/m0/s1. The number of anilines is 2. The molecule has 0 bridgehead atoms. The molecule has 6 aliphatic rings. The Balaban J connectivity index is 0.570. The summed E-state index contributed by atoms with van der Waals surface area (Å²) >= 11 is 0. The zero-order valence-corrected chi connectivity index (χ0v) is 61.2. The summed E-state index contributed by atoms with van der Waals surface area (Å²) in [6.07, 6.45) is 3.58. The number of aliphatic hydroxyl groups is 1. The summed E-state index contributed by atoms with van der Waals surface area (Å²) in [4.78, 5) is 130. The number of ether oxygens (including phenoxy) is 6. The number of benzene rings is 6. The number of rotatable bonds is 28. The number of amides is 6. The minimum absolute atomic E-state index is 0.00586. The lowest BCUT2D eigenvalue weighted by Crippen LogP contribution is -2.50. The first-order chi connectivity index (χ1) is 51.6. The first-order valence-electron chi connectivity index (χ1n) is 36.5. The maximum Gasteiger partial charge on any atom is 0.416 e. The molecule has 1 spiro atoms. The summed E-state index contributed by atoms with van der Waals surface area (Å²) in [5.74, 6) is -1.79. The van der Waals surface area contributed by atoms with E-state index in [1.165, 1.54) is 26.4 Å². The molecule has 5 aliphatic heterocycles. The molecule has 25 heteroatoms. The number of Topliss-reactive ketones (excluding diaryl/α,β-unsaturated/α-hetero) is 3. The summed E-state index contributed by atoms with van der Waals surface area (Å²) < 4.78 is 37.1. The van der Waals surface area contributed by atoms with Gasteiger partial charge in [-0.15, -0.1) is 5.10 Å². The topological polar surface area (TPSA) is 297 Å². The van der Waals surface area contributed by atoms with Crippen LogP contribution in [0.25, 0.3) is 28.1 Å². The summed E-state index contributed by atoms with van der Waals surface area (Å²) in [7, 11) is 6.41. The molecular formula is C82H89N9O16. The summed E-state index contributed by atoms with van der Waals surface area (Å²) in [5, 5.41) is 26.3. The van der Waals surface area contributed by atoms with Crippen LogP contribution in [0.15, 0.2) is 128 Å². The Hall–Kier alpha value is -11.2. The smallest absolute Gasteiger partial charge is 0.416 e. The van der Waals surface area contributed by atoms with Crippen LogP contribution in [0.4, 0.5) is 16.2 Å². The van der Waals surface area contributed by atoms with E-state index in [9.17, 15) is 48.3 Å². The molecule has 107 heavy (non-hydrogen) atoms. The molecule has 3 N–H and O–H groups in total. The van der Waals surface area contributed by atoms with Gasteiger partial charge >= 0.3 is 6.09 Å². The van der Waals surface area contributed by atoms with Crippen LogP contribution in [0, 0.1) is 17.3 Å². The SMILES string of the molecule is COc1ccc(C2=CN3C(=O)c4cc(OC)c(OCCCOc5cc6c(cc5OC)C(=O)N5CC7(CC7)C[C@H]5[C@@H](O)N6C(=O)OCc5ccc(CC(=O)[C@H](C)NC(=O)[C@@H](CC(=O)CNC(=O)CCC(=O)CCC(=O)N6Cc7ccccc7-c7nnn(C)c7-c7ccccc76)C(C)C)cc5)cc4CC[C@@H]3C2)cc1. The van der Waals surface area contributed by atoms with Crippen LogP contribution in [0.5, 0.6) is 28.7 Å². The van der Waals surface area contributed by atoms with E-state index in [1.54, 1.807) is 79.7 Å². The fourth-order valence-corrected chi connectivity index (χ4v) is 15.1. The van der Waals surface area contributed by atoms with Crippen LogP contribution in [0.3, 0.4) is 0 Å². The summed E-state index contributed by atoms with van der Waals surface area (Å²) in [6, 6.07) is 34.8. The number of fused-ring (bicyclic) bond motifs is 9. The lowest BCUT2D eigenvalue weighted by atomic mass is 9.89. The van der Waals surface area contributed by atoms with E-state index in [-0.39, 0.29) is 141 Å². The Morgan fingerprint density at radius 2 is 1.38 bits per heavy atom. The Bertz CT molecular complexity index is 4640. The van der Waals surface area contributed by atoms with Crippen molar-refractivity contribution < 1.29 is 76.7 Å². The third-order valence-electron chi connectivity index (χ3n) is 21.5. The fraction of sp³-hybridized carbons (Fsp3) is 0.402. The Morgan fingerprint density at radius 1 is 0.701 bits per heavy atom. The molecule has 1 aromatic heterocycles. The highest BCUT2D eigenvalue weighted by molar-refractivity contribution is 6.07. The van der Waals surface area contributed by atoms with E-state index in [4.69, 9.17) is 28.4 Å². The van der Waals surface area contributed by atoms with Gasteiger partial charge in [0.05, 0.1) is 82.3 Å². The highest BCUT2D eigenvalue weighted by Gasteiger charge is 2.58. The molecule has 6 heterocycles. The van der Waals surface area contributed by atoms with E-state index >= 15 is 0 Å². The van der Waals surface area contributed by atoms with E-state index in [1.807, 2.05) is 90.0 Å². The lowest BCUT2D eigenvalue weighted by molar-refractivity contribution is -0.133. The lowest BCUT2D eigenvalue weighted by Gasteiger charge is -2.31. The van der Waals surface area contributed by atoms with Crippen molar-refractivity contribution in [2.24, 2.45) is 24.3 Å². The average molecular weight is 1460 g/mol. The molecule has 1 saturated heterocycles. The van der Waals surface area contributed by atoms with Crippen LogP contribution in [0.2, 0.25) is 0 Å². The fourth-order valence-electron chi connectivity index (χ4n) is 15.1. The number of hydrogen-bond acceptors (Lipinski definition) is 18. The third-order valence-corrected chi connectivity index (χ3v) is 21.5. The molecular weight excluding hydrogens is 1370 g/mol. The minimum Gasteiger partial charge on any atom is -0.497 e. The van der Waals surface area contributed by atoms with Gasteiger partial charge in [-0.3, -0.25) is 38.4 Å². The van der Waals surface area contributed by atoms with Crippen molar-refractivity contribution in [3.8, 4) is 51.3 Å². The molecule has 6 aromatic carbocycles. The molecule has 5 atom stereocenters. The van der Waals surface area contributed by atoms with Gasteiger partial charge in [0.1, 0.15) is 23.8 Å². The zero-order valence-electron chi connectivity index (χ0n) is 61.2. The zero-order chi connectivity index (χ0) is 75.4. The van der Waals surface area contributed by atoms with Crippen molar-refractivity contribution in [3.63, 3.8) is 0 Å². The molecule has 13 rings (SSSR count). The Morgan fingerprint density at radius 3 is 2.09 bits per heavy atom. The maximum atomic E-state index is 14.5. The van der Waals surface area contributed by atoms with Crippen molar-refractivity contribution >= 4 is 69.9 Å². The van der Waals surface area contributed by atoms with E-state index in [2.05, 4.69) is 20.9 Å². The van der Waals surface area contributed by atoms with Crippen LogP contribution >= 0.6 is 0 Å². The predicted octanol–water partition coefficient (Wildman–Crippen LogP) is 10.3. The normalized spacial score (nSPS) is 17.7. The number of hydrogen-bond donors (Lipinski definition) is 3. The van der Waals surface area contributed by atoms with Crippen LogP contribution in [-0.2, 0) is 66.5 Å². The number of nitrogens with zero attached hydrogens (tertiary/aromatic N) is 7. The molecule has 2 fully saturated rings. The molecule has 7 aromatic rings. The van der Waals surface area contributed by atoms with Gasteiger partial charge in [0.2, 0.25) is 17.7 Å². The van der Waals surface area contributed by atoms with Crippen LogP contribution < -0.4 is 44.1 Å². The molecule has 1 saturated carbocycles. The molecule has 558 valence electrons. The second kappa shape index (κ2) is 31.9. The predicted molar refractivity (Wildman–Crippen MR) is 396 cm³/mol. The largest absolute Gasteiger partial charge is 0.497 e. The molecule has 0 unspecified atom stereocenters. The molecule has 0 radical (unpaired) electrons. The van der Waals surface area contributed by atoms with Gasteiger partial charge in [-0.1, -0.05) is 97.9 Å². The van der Waals surface area contributed by atoms with Gasteiger partial charge in [-0.25, -0.2) is 14.4 Å². The van der Waals surface area contributed by atoms with Gasteiger partial charge in [-0.05, 0) is 127 Å². The van der Waals surface area contributed by atoms with Gasteiger partial charge in [0.15, 0.2) is 40.8 Å². The molecule has 1 aliphatic carbocycles. The number of ketones is 3. The van der Waals surface area contributed by atoms with Crippen molar-refractivity contribution in [3.05, 3.63) is 166 Å². The van der Waals surface area contributed by atoms with Crippen molar-refractivity contribution in [1.82, 2.24) is 35.4 Å². The second-order valence-corrected chi connectivity index (χ2v) is 28.9. The van der Waals surface area contributed by atoms with Gasteiger partial charge in [0.25, 0.3) is 11.8 Å². The third kappa shape index (κ3) is 16.0. The highest BCUT2D eigenvalue weighted by Crippen LogP contribution is 2.57. The number of aromatic nitrogens is 3. The number of methoxy groups -OCH3 is 3. The van der Waals surface area contributed by atoms with Gasteiger partial charge < -0.3 is 58.9 Å². The monoisotopic (exact) mass is 1460 g/mol. The van der Waals surface area contributed by atoms with E-state index in [0.29, 0.717) is 65.4 Å². The first-order valence-corrected chi connectivity index (χ1v) is 36.5. The Labute approximate surface area is 620 Å². The quantitative estimate of drug-likeness (QED) is 0.0384. The average Bonchev–Trinajstić information content (AvgIpc) is 1.57. The Kier molecular flexibility index (Phi) is 22.1. The molecule has 6 amide bonds. The minimum atomic E-state index is -1.48. The number of carbonyl (C=O) groups is 9. The van der Waals surface area contributed by atoms with Crippen LogP contribution in [-0.4, -0.2) is 155 Å². The highest BCUT2D eigenvalue weighted by atomic mass is 16.6. The number of para-hydroxylation sites is 1. The van der Waals surface area contributed by atoms with E-state index < -0.39 is 47.9 Å². The van der Waals surface area contributed by atoms with Gasteiger partial charge in [-0.2, -0.15) is 0 Å². The number of aliphatic hydroxyl groups excluding tert-OH is 1.